The van der Waals surface area contributed by atoms with E-state index < -0.39 is 17.7 Å². The molecule has 1 aliphatic carbocycles. The summed E-state index contributed by atoms with van der Waals surface area (Å²) in [6, 6.07) is 11.1. The van der Waals surface area contributed by atoms with Crippen LogP contribution >= 0.6 is 0 Å². The van der Waals surface area contributed by atoms with Crippen LogP contribution in [0.5, 0.6) is 0 Å². The quantitative estimate of drug-likeness (QED) is 0.663. The zero-order chi connectivity index (χ0) is 14.8. The Morgan fingerprint density at radius 1 is 1.05 bits per heavy atom. The second-order valence-corrected chi connectivity index (χ2v) is 5.52. The monoisotopic (exact) mass is 288 g/mol. The van der Waals surface area contributed by atoms with Gasteiger partial charge in [0.1, 0.15) is 11.6 Å². The Morgan fingerprint density at radius 2 is 1.81 bits per heavy atom. The average molecular weight is 288 g/mol. The molecular weight excluding hydrogens is 270 g/mol. The molecule has 0 spiro atoms. The van der Waals surface area contributed by atoms with Gasteiger partial charge in [-0.3, -0.25) is 5.84 Å². The Labute approximate surface area is 122 Å². The molecule has 1 fully saturated rings. The number of hydrogen-bond donors (Lipinski definition) is 2. The van der Waals surface area contributed by atoms with Crippen molar-refractivity contribution in [3.8, 4) is 0 Å². The maximum absolute atomic E-state index is 14.1. The molecule has 2 aromatic carbocycles. The summed E-state index contributed by atoms with van der Waals surface area (Å²) in [5.74, 6) is 5.01. The lowest BCUT2D eigenvalue weighted by atomic mass is 9.76. The van der Waals surface area contributed by atoms with Crippen molar-refractivity contribution in [2.24, 2.45) is 5.84 Å². The van der Waals surface area contributed by atoms with E-state index in [0.717, 1.165) is 24.5 Å². The molecular formula is C17H18F2N2. The van der Waals surface area contributed by atoms with Gasteiger partial charge in [0.2, 0.25) is 0 Å². The zero-order valence-corrected chi connectivity index (χ0v) is 11.7. The molecule has 1 unspecified atom stereocenters. The molecule has 0 aromatic heterocycles. The molecule has 3 N–H and O–H groups in total. The fourth-order valence-electron chi connectivity index (χ4n) is 2.95. The second-order valence-electron chi connectivity index (χ2n) is 5.52. The van der Waals surface area contributed by atoms with Crippen LogP contribution in [0.2, 0.25) is 0 Å². The van der Waals surface area contributed by atoms with E-state index in [9.17, 15) is 8.78 Å². The molecule has 1 atom stereocenters. The molecule has 1 aliphatic rings. The minimum atomic E-state index is -0.584. The first kappa shape index (κ1) is 14.2. The number of nitrogens with two attached hydrogens (primary N) is 1. The molecule has 21 heavy (non-hydrogen) atoms. The summed E-state index contributed by atoms with van der Waals surface area (Å²) in [5.41, 5.74) is 5.21. The molecule has 0 aliphatic heterocycles. The zero-order valence-electron chi connectivity index (χ0n) is 11.7. The molecule has 0 heterocycles. The van der Waals surface area contributed by atoms with Crippen molar-refractivity contribution in [2.75, 3.05) is 0 Å². The van der Waals surface area contributed by atoms with Crippen molar-refractivity contribution < 1.29 is 8.78 Å². The maximum Gasteiger partial charge on any atom is 0.131 e. The summed E-state index contributed by atoms with van der Waals surface area (Å²) >= 11 is 0. The molecule has 0 radical (unpaired) electrons. The fraction of sp³-hybridized carbons (Fsp3) is 0.294. The van der Waals surface area contributed by atoms with Gasteiger partial charge in [0.25, 0.3) is 0 Å². The Balaban J connectivity index is 2.03. The van der Waals surface area contributed by atoms with E-state index in [-0.39, 0.29) is 0 Å². The first-order valence-corrected chi connectivity index (χ1v) is 7.20. The van der Waals surface area contributed by atoms with Gasteiger partial charge in [0.05, 0.1) is 6.04 Å². The van der Waals surface area contributed by atoms with Crippen molar-refractivity contribution in [3.05, 3.63) is 70.8 Å². The minimum absolute atomic E-state index is 0.366. The highest BCUT2D eigenvalue weighted by Crippen LogP contribution is 2.40. The number of nitrogens with one attached hydrogen (secondary N) is 1. The molecule has 1 saturated carbocycles. The van der Waals surface area contributed by atoms with Crippen LogP contribution in [0.4, 0.5) is 8.78 Å². The summed E-state index contributed by atoms with van der Waals surface area (Å²) in [4.78, 5) is 0. The highest BCUT2D eigenvalue weighted by atomic mass is 19.1. The van der Waals surface area contributed by atoms with E-state index in [4.69, 9.17) is 5.84 Å². The van der Waals surface area contributed by atoms with Crippen LogP contribution in [0.25, 0.3) is 0 Å². The predicted octanol–water partition coefficient (Wildman–Crippen LogP) is 3.79. The van der Waals surface area contributed by atoms with E-state index in [1.54, 1.807) is 0 Å². The van der Waals surface area contributed by atoms with E-state index in [0.29, 0.717) is 11.5 Å². The third-order valence-corrected chi connectivity index (χ3v) is 4.29. The van der Waals surface area contributed by atoms with Crippen LogP contribution in [-0.2, 0) is 0 Å². The number of hydrogen-bond acceptors (Lipinski definition) is 2. The highest BCUT2D eigenvalue weighted by Gasteiger charge is 2.26. The second kappa shape index (κ2) is 5.92. The predicted molar refractivity (Wildman–Crippen MR) is 78.6 cm³/mol. The Hall–Kier alpha value is -1.78. The Morgan fingerprint density at radius 3 is 2.43 bits per heavy atom. The van der Waals surface area contributed by atoms with Crippen LogP contribution in [0.3, 0.4) is 0 Å². The van der Waals surface area contributed by atoms with Gasteiger partial charge in [-0.05, 0) is 36.0 Å². The first-order chi connectivity index (χ1) is 10.2. The third kappa shape index (κ3) is 2.69. The SMILES string of the molecule is NNC(c1ccc(F)cc1F)c1ccccc1C1CCC1. The summed E-state index contributed by atoms with van der Waals surface area (Å²) in [6.45, 7) is 0. The number of halogens is 2. The summed E-state index contributed by atoms with van der Waals surface area (Å²) in [5, 5.41) is 0. The topological polar surface area (TPSA) is 38.0 Å². The number of rotatable bonds is 4. The summed E-state index contributed by atoms with van der Waals surface area (Å²) in [7, 11) is 0. The standard InChI is InChI=1S/C17H18F2N2/c18-12-8-9-15(16(19)10-12)17(21-20)14-7-2-1-6-13(14)11-4-3-5-11/h1-2,6-11,17,21H,3-5,20H2. The largest absolute Gasteiger partial charge is 0.271 e. The van der Waals surface area contributed by atoms with E-state index in [1.165, 1.54) is 24.1 Å². The minimum Gasteiger partial charge on any atom is -0.271 e. The lowest BCUT2D eigenvalue weighted by molar-refractivity contribution is 0.413. The number of benzene rings is 2. The van der Waals surface area contributed by atoms with Gasteiger partial charge in [-0.15, -0.1) is 0 Å². The van der Waals surface area contributed by atoms with Crippen LogP contribution < -0.4 is 11.3 Å². The first-order valence-electron chi connectivity index (χ1n) is 7.20. The van der Waals surface area contributed by atoms with Crippen molar-refractivity contribution in [1.29, 1.82) is 0 Å². The van der Waals surface area contributed by atoms with Gasteiger partial charge in [-0.2, -0.15) is 0 Å². The lowest BCUT2D eigenvalue weighted by Gasteiger charge is -2.30. The van der Waals surface area contributed by atoms with E-state index >= 15 is 0 Å². The Kier molecular flexibility index (Phi) is 3.99. The van der Waals surface area contributed by atoms with Gasteiger partial charge < -0.3 is 0 Å². The lowest BCUT2D eigenvalue weighted by Crippen LogP contribution is -2.31. The molecule has 2 nitrogen and oxygen atoms in total. The van der Waals surface area contributed by atoms with Gasteiger partial charge in [0, 0.05) is 11.6 Å². The van der Waals surface area contributed by atoms with Crippen molar-refractivity contribution in [3.63, 3.8) is 0 Å². The van der Waals surface area contributed by atoms with Gasteiger partial charge in [-0.1, -0.05) is 36.8 Å². The van der Waals surface area contributed by atoms with Crippen molar-refractivity contribution in [2.45, 2.75) is 31.2 Å². The van der Waals surface area contributed by atoms with Crippen LogP contribution in [0.15, 0.2) is 42.5 Å². The van der Waals surface area contributed by atoms with Crippen molar-refractivity contribution >= 4 is 0 Å². The highest BCUT2D eigenvalue weighted by molar-refractivity contribution is 5.40. The van der Waals surface area contributed by atoms with Crippen LogP contribution in [0, 0.1) is 11.6 Å². The fourth-order valence-corrected chi connectivity index (χ4v) is 2.95. The van der Waals surface area contributed by atoms with Gasteiger partial charge in [-0.25, -0.2) is 14.2 Å². The average Bonchev–Trinajstić information content (AvgIpc) is 2.41. The molecule has 4 heteroatoms. The Bertz CT molecular complexity index is 638. The van der Waals surface area contributed by atoms with E-state index in [1.807, 2.05) is 18.2 Å². The molecule has 2 aromatic rings. The normalized spacial score (nSPS) is 16.5. The summed E-state index contributed by atoms with van der Waals surface area (Å²) < 4.78 is 27.2. The molecule has 3 rings (SSSR count). The molecule has 0 bridgehead atoms. The smallest absolute Gasteiger partial charge is 0.131 e. The molecule has 0 amide bonds. The molecule has 110 valence electrons. The van der Waals surface area contributed by atoms with Gasteiger partial charge in [0.15, 0.2) is 0 Å². The number of hydrazine groups is 1. The third-order valence-electron chi connectivity index (χ3n) is 4.29. The van der Waals surface area contributed by atoms with Crippen LogP contribution in [-0.4, -0.2) is 0 Å². The summed E-state index contributed by atoms with van der Waals surface area (Å²) in [6.07, 6.45) is 3.53. The maximum atomic E-state index is 14.1. The molecule has 0 saturated heterocycles. The van der Waals surface area contributed by atoms with Crippen LogP contribution in [0.1, 0.15) is 47.9 Å². The van der Waals surface area contributed by atoms with E-state index in [2.05, 4.69) is 11.5 Å². The van der Waals surface area contributed by atoms with Gasteiger partial charge >= 0.3 is 0 Å². The van der Waals surface area contributed by atoms with Crippen molar-refractivity contribution in [1.82, 2.24) is 5.43 Å².